The van der Waals surface area contributed by atoms with Gasteiger partial charge in [0.15, 0.2) is 5.69 Å². The molecule has 104 valence electrons. The number of carboxylic acid groups (broad SMARTS) is 1. The molecule has 19 heavy (non-hydrogen) atoms. The second-order valence-corrected chi connectivity index (χ2v) is 5.35. The van der Waals surface area contributed by atoms with E-state index in [1.807, 2.05) is 0 Å². The first-order valence-corrected chi connectivity index (χ1v) is 6.51. The first kappa shape index (κ1) is 13.7. The van der Waals surface area contributed by atoms with Crippen molar-refractivity contribution >= 4 is 11.8 Å². The Bertz CT molecular complexity index is 439. The van der Waals surface area contributed by atoms with Crippen molar-refractivity contribution in [3.8, 4) is 0 Å². The molecule has 0 aromatic carbocycles. The van der Waals surface area contributed by atoms with Crippen molar-refractivity contribution in [3.05, 3.63) is 17.8 Å². The van der Waals surface area contributed by atoms with Gasteiger partial charge >= 0.3 is 5.97 Å². The molecule has 0 aliphatic heterocycles. The molecule has 1 aliphatic carbocycles. The standard InChI is InChI=1S/C13H19N3O3/c1-9-4-6-13(8-17,7-5-9)14-11-3-2-10(12(18)19)15-16-11/h2-3,9,17H,4-8H2,1H3,(H,14,16)(H,18,19). The van der Waals surface area contributed by atoms with Crippen LogP contribution < -0.4 is 5.32 Å². The summed E-state index contributed by atoms with van der Waals surface area (Å²) in [5.74, 6) is 0.0953. The molecule has 0 unspecified atom stereocenters. The molecule has 0 spiro atoms. The van der Waals surface area contributed by atoms with Crippen molar-refractivity contribution in [2.24, 2.45) is 5.92 Å². The van der Waals surface area contributed by atoms with E-state index in [1.54, 1.807) is 6.07 Å². The normalized spacial score (nSPS) is 26.9. The highest BCUT2D eigenvalue weighted by Gasteiger charge is 2.33. The second-order valence-electron chi connectivity index (χ2n) is 5.35. The van der Waals surface area contributed by atoms with Gasteiger partial charge in [-0.15, -0.1) is 10.2 Å². The van der Waals surface area contributed by atoms with Crippen LogP contribution in [0.5, 0.6) is 0 Å². The van der Waals surface area contributed by atoms with Gasteiger partial charge in [0.2, 0.25) is 0 Å². The predicted molar refractivity (Wildman–Crippen MR) is 70.1 cm³/mol. The van der Waals surface area contributed by atoms with Crippen LogP contribution in [0.1, 0.15) is 43.1 Å². The number of anilines is 1. The first-order chi connectivity index (χ1) is 9.04. The lowest BCUT2D eigenvalue weighted by atomic mass is 9.77. The number of carbonyl (C=O) groups is 1. The van der Waals surface area contributed by atoms with Crippen LogP contribution in [0.3, 0.4) is 0 Å². The molecule has 1 aromatic heterocycles. The van der Waals surface area contributed by atoms with Crippen LogP contribution >= 0.6 is 0 Å². The van der Waals surface area contributed by atoms with Crippen LogP contribution in [0, 0.1) is 5.92 Å². The maximum Gasteiger partial charge on any atom is 0.356 e. The number of aliphatic hydroxyl groups is 1. The number of nitrogens with zero attached hydrogens (tertiary/aromatic N) is 2. The van der Waals surface area contributed by atoms with Crippen molar-refractivity contribution in [2.75, 3.05) is 11.9 Å². The van der Waals surface area contributed by atoms with Gasteiger partial charge in [0.1, 0.15) is 5.82 Å². The van der Waals surface area contributed by atoms with Gasteiger partial charge in [0.25, 0.3) is 0 Å². The Morgan fingerprint density at radius 1 is 1.42 bits per heavy atom. The van der Waals surface area contributed by atoms with Gasteiger partial charge < -0.3 is 15.5 Å². The fourth-order valence-corrected chi connectivity index (χ4v) is 2.42. The number of aliphatic hydroxyl groups excluding tert-OH is 1. The summed E-state index contributed by atoms with van der Waals surface area (Å²) in [6, 6.07) is 3.00. The van der Waals surface area contributed by atoms with E-state index in [0.29, 0.717) is 11.7 Å². The van der Waals surface area contributed by atoms with Gasteiger partial charge in [0.05, 0.1) is 12.1 Å². The van der Waals surface area contributed by atoms with Crippen molar-refractivity contribution in [1.82, 2.24) is 10.2 Å². The van der Waals surface area contributed by atoms with Crippen LogP contribution in [-0.2, 0) is 0 Å². The number of hydrogen-bond acceptors (Lipinski definition) is 5. The summed E-state index contributed by atoms with van der Waals surface area (Å²) >= 11 is 0. The highest BCUT2D eigenvalue weighted by atomic mass is 16.4. The monoisotopic (exact) mass is 265 g/mol. The number of carboxylic acids is 1. The topological polar surface area (TPSA) is 95.3 Å². The van der Waals surface area contributed by atoms with Gasteiger partial charge in [-0.25, -0.2) is 4.79 Å². The quantitative estimate of drug-likeness (QED) is 0.764. The van der Waals surface area contributed by atoms with E-state index >= 15 is 0 Å². The average molecular weight is 265 g/mol. The SMILES string of the molecule is CC1CCC(CO)(Nc2ccc(C(=O)O)nn2)CC1. The highest BCUT2D eigenvalue weighted by molar-refractivity contribution is 5.85. The number of rotatable bonds is 4. The Morgan fingerprint density at radius 2 is 2.11 bits per heavy atom. The van der Waals surface area contributed by atoms with E-state index in [2.05, 4.69) is 22.4 Å². The van der Waals surface area contributed by atoms with Crippen LogP contribution in [0.2, 0.25) is 0 Å². The molecule has 1 aromatic rings. The Balaban J connectivity index is 2.08. The molecule has 0 radical (unpaired) electrons. The highest BCUT2D eigenvalue weighted by Crippen LogP contribution is 2.33. The Labute approximate surface area is 111 Å². The van der Waals surface area contributed by atoms with Crippen molar-refractivity contribution < 1.29 is 15.0 Å². The molecule has 0 amide bonds. The minimum atomic E-state index is -1.09. The maximum absolute atomic E-state index is 10.7. The van der Waals surface area contributed by atoms with Gasteiger partial charge in [-0.3, -0.25) is 0 Å². The lowest BCUT2D eigenvalue weighted by Crippen LogP contribution is -2.45. The van der Waals surface area contributed by atoms with E-state index in [9.17, 15) is 9.90 Å². The largest absolute Gasteiger partial charge is 0.476 e. The molecular weight excluding hydrogens is 246 g/mol. The molecule has 1 heterocycles. The lowest BCUT2D eigenvalue weighted by molar-refractivity contribution is 0.0689. The van der Waals surface area contributed by atoms with Crippen LogP contribution in [-0.4, -0.2) is 38.5 Å². The number of hydrogen-bond donors (Lipinski definition) is 3. The molecule has 0 atom stereocenters. The zero-order chi connectivity index (χ0) is 13.9. The maximum atomic E-state index is 10.7. The summed E-state index contributed by atoms with van der Waals surface area (Å²) in [7, 11) is 0. The summed E-state index contributed by atoms with van der Waals surface area (Å²) < 4.78 is 0. The van der Waals surface area contributed by atoms with Crippen molar-refractivity contribution in [2.45, 2.75) is 38.1 Å². The third-order valence-electron chi connectivity index (χ3n) is 3.81. The molecule has 0 bridgehead atoms. The van der Waals surface area contributed by atoms with Crippen molar-refractivity contribution in [1.29, 1.82) is 0 Å². The molecule has 0 saturated heterocycles. The van der Waals surface area contributed by atoms with Crippen LogP contribution in [0.4, 0.5) is 5.82 Å². The molecule has 1 fully saturated rings. The van der Waals surface area contributed by atoms with E-state index in [4.69, 9.17) is 5.11 Å². The molecule has 2 rings (SSSR count). The Morgan fingerprint density at radius 3 is 2.58 bits per heavy atom. The van der Waals surface area contributed by atoms with E-state index in [-0.39, 0.29) is 17.8 Å². The second kappa shape index (κ2) is 5.52. The molecule has 6 heteroatoms. The van der Waals surface area contributed by atoms with Crippen molar-refractivity contribution in [3.63, 3.8) is 0 Å². The summed E-state index contributed by atoms with van der Waals surface area (Å²) in [5.41, 5.74) is -0.438. The minimum Gasteiger partial charge on any atom is -0.476 e. The lowest BCUT2D eigenvalue weighted by Gasteiger charge is -2.39. The molecular formula is C13H19N3O3. The van der Waals surface area contributed by atoms with E-state index in [0.717, 1.165) is 25.7 Å². The van der Waals surface area contributed by atoms with Gasteiger partial charge in [0, 0.05) is 0 Å². The zero-order valence-corrected chi connectivity index (χ0v) is 11.0. The van der Waals surface area contributed by atoms with E-state index in [1.165, 1.54) is 6.07 Å². The number of aromatic nitrogens is 2. The van der Waals surface area contributed by atoms with Crippen LogP contribution in [0.25, 0.3) is 0 Å². The first-order valence-electron chi connectivity index (χ1n) is 6.51. The molecule has 6 nitrogen and oxygen atoms in total. The smallest absolute Gasteiger partial charge is 0.356 e. The van der Waals surface area contributed by atoms with E-state index < -0.39 is 5.97 Å². The van der Waals surface area contributed by atoms with Gasteiger partial charge in [-0.1, -0.05) is 6.92 Å². The number of nitrogens with one attached hydrogen (secondary N) is 1. The number of aromatic carboxylic acids is 1. The third kappa shape index (κ3) is 3.20. The third-order valence-corrected chi connectivity index (χ3v) is 3.81. The summed E-state index contributed by atoms with van der Waals surface area (Å²) in [5, 5.41) is 29.1. The molecule has 1 saturated carbocycles. The summed E-state index contributed by atoms with van der Waals surface area (Å²) in [4.78, 5) is 10.7. The predicted octanol–water partition coefficient (Wildman–Crippen LogP) is 1.53. The van der Waals surface area contributed by atoms with Gasteiger partial charge in [-0.05, 0) is 43.7 Å². The molecule has 1 aliphatic rings. The zero-order valence-electron chi connectivity index (χ0n) is 11.0. The van der Waals surface area contributed by atoms with Gasteiger partial charge in [-0.2, -0.15) is 0 Å². The average Bonchev–Trinajstić information content (AvgIpc) is 2.42. The fraction of sp³-hybridized carbons (Fsp3) is 0.615. The summed E-state index contributed by atoms with van der Waals surface area (Å²) in [6.07, 6.45) is 3.89. The Hall–Kier alpha value is -1.69. The minimum absolute atomic E-state index is 0.0437. The van der Waals surface area contributed by atoms with Crippen LogP contribution in [0.15, 0.2) is 12.1 Å². The fourth-order valence-electron chi connectivity index (χ4n) is 2.42. The Kier molecular flexibility index (Phi) is 3.99. The summed E-state index contributed by atoms with van der Waals surface area (Å²) in [6.45, 7) is 2.25. The molecule has 3 N–H and O–H groups in total.